The summed E-state index contributed by atoms with van der Waals surface area (Å²) in [5.41, 5.74) is 0.0382. The van der Waals surface area contributed by atoms with Crippen LogP contribution >= 0.6 is 0 Å². The first-order chi connectivity index (χ1) is 15.2. The highest BCUT2D eigenvalue weighted by atomic mass is 32.2. The van der Waals surface area contributed by atoms with E-state index < -0.39 is 38.6 Å². The number of hydrogen-bond donors (Lipinski definition) is 2. The van der Waals surface area contributed by atoms with Crippen molar-refractivity contribution in [2.45, 2.75) is 56.1 Å². The van der Waals surface area contributed by atoms with Gasteiger partial charge in [0.15, 0.2) is 17.7 Å². The zero-order chi connectivity index (χ0) is 23.3. The van der Waals surface area contributed by atoms with Crippen molar-refractivity contribution in [3.63, 3.8) is 0 Å². The van der Waals surface area contributed by atoms with E-state index in [-0.39, 0.29) is 23.2 Å². The number of halogens is 2. The molecule has 0 heterocycles. The highest BCUT2D eigenvalue weighted by Gasteiger charge is 2.23. The van der Waals surface area contributed by atoms with Gasteiger partial charge in [0.05, 0.1) is 10.5 Å². The minimum absolute atomic E-state index is 0.0171. The lowest BCUT2D eigenvalue weighted by Crippen LogP contribution is -2.42. The second-order valence-corrected chi connectivity index (χ2v) is 9.34. The van der Waals surface area contributed by atoms with Crippen molar-refractivity contribution in [1.29, 1.82) is 0 Å². The van der Waals surface area contributed by atoms with Crippen molar-refractivity contribution < 1.29 is 31.5 Å². The fraction of sp³-hybridized carbons (Fsp3) is 0.364. The standard InChI is InChI=1S/C22H24F2N2O5S/c1-14(21(27)25-16-7-3-2-4-8-16)31-22(28)15-6-5-9-17(12-15)26-32(29,30)18-10-11-19(23)20(24)13-18/h5-6,9-14,16,26H,2-4,7-8H2,1H3,(H,25,27). The van der Waals surface area contributed by atoms with E-state index in [4.69, 9.17) is 4.74 Å². The average molecular weight is 467 g/mol. The molecule has 32 heavy (non-hydrogen) atoms. The number of rotatable bonds is 7. The number of hydrogen-bond acceptors (Lipinski definition) is 5. The molecule has 1 aliphatic rings. The van der Waals surface area contributed by atoms with E-state index in [1.807, 2.05) is 0 Å². The van der Waals surface area contributed by atoms with Crippen LogP contribution in [-0.2, 0) is 19.6 Å². The quantitative estimate of drug-likeness (QED) is 0.605. The summed E-state index contributed by atoms with van der Waals surface area (Å²) < 4.78 is 58.8. The molecule has 10 heteroatoms. The monoisotopic (exact) mass is 466 g/mol. The molecule has 0 radical (unpaired) electrons. The Bertz CT molecular complexity index is 1100. The number of anilines is 1. The van der Waals surface area contributed by atoms with Crippen molar-refractivity contribution in [2.24, 2.45) is 0 Å². The molecule has 1 unspecified atom stereocenters. The van der Waals surface area contributed by atoms with E-state index >= 15 is 0 Å². The number of benzene rings is 2. The second kappa shape index (κ2) is 10.1. The molecule has 3 rings (SSSR count). The highest BCUT2D eigenvalue weighted by molar-refractivity contribution is 7.92. The number of ether oxygens (including phenoxy) is 1. The zero-order valence-electron chi connectivity index (χ0n) is 17.4. The van der Waals surface area contributed by atoms with Crippen molar-refractivity contribution in [3.8, 4) is 0 Å². The van der Waals surface area contributed by atoms with Crippen LogP contribution in [0.2, 0.25) is 0 Å². The second-order valence-electron chi connectivity index (χ2n) is 7.65. The average Bonchev–Trinajstić information content (AvgIpc) is 2.76. The normalized spacial score (nSPS) is 15.6. The third-order valence-electron chi connectivity index (χ3n) is 5.16. The Morgan fingerprint density at radius 3 is 2.44 bits per heavy atom. The Morgan fingerprint density at radius 2 is 1.75 bits per heavy atom. The molecule has 172 valence electrons. The van der Waals surface area contributed by atoms with Crippen LogP contribution in [0.1, 0.15) is 49.4 Å². The summed E-state index contributed by atoms with van der Waals surface area (Å²) in [5.74, 6) is -3.66. The molecule has 0 spiro atoms. The van der Waals surface area contributed by atoms with E-state index in [0.29, 0.717) is 12.1 Å². The third kappa shape index (κ3) is 6.03. The molecule has 0 bridgehead atoms. The number of nitrogens with one attached hydrogen (secondary N) is 2. The molecule has 2 aromatic carbocycles. The van der Waals surface area contributed by atoms with Gasteiger partial charge in [0.25, 0.3) is 15.9 Å². The minimum Gasteiger partial charge on any atom is -0.449 e. The Morgan fingerprint density at radius 1 is 1.03 bits per heavy atom. The first-order valence-electron chi connectivity index (χ1n) is 10.2. The molecule has 0 aromatic heterocycles. The molecule has 0 saturated heterocycles. The first-order valence-corrected chi connectivity index (χ1v) is 11.7. The molecule has 1 saturated carbocycles. The molecule has 1 fully saturated rings. The first kappa shape index (κ1) is 23.6. The SMILES string of the molecule is CC(OC(=O)c1cccc(NS(=O)(=O)c2ccc(F)c(F)c2)c1)C(=O)NC1CCCCC1. The minimum atomic E-state index is -4.22. The molecule has 1 atom stereocenters. The maximum Gasteiger partial charge on any atom is 0.338 e. The van der Waals surface area contributed by atoms with Crippen LogP contribution in [0.5, 0.6) is 0 Å². The lowest BCUT2D eigenvalue weighted by atomic mass is 9.95. The maximum absolute atomic E-state index is 13.4. The smallest absolute Gasteiger partial charge is 0.338 e. The van der Waals surface area contributed by atoms with Gasteiger partial charge in [-0.3, -0.25) is 9.52 Å². The largest absolute Gasteiger partial charge is 0.449 e. The molecular weight excluding hydrogens is 442 g/mol. The number of carbonyl (C=O) groups excluding carboxylic acids is 2. The van der Waals surface area contributed by atoms with Crippen LogP contribution in [0.3, 0.4) is 0 Å². The van der Waals surface area contributed by atoms with Crippen LogP contribution in [0.25, 0.3) is 0 Å². The topological polar surface area (TPSA) is 102 Å². The van der Waals surface area contributed by atoms with Crippen LogP contribution in [0, 0.1) is 11.6 Å². The van der Waals surface area contributed by atoms with Crippen LogP contribution in [0.15, 0.2) is 47.4 Å². The summed E-state index contributed by atoms with van der Waals surface area (Å²) in [5, 5.41) is 2.88. The van der Waals surface area contributed by atoms with E-state index in [1.54, 1.807) is 0 Å². The summed E-state index contributed by atoms with van der Waals surface area (Å²) in [6.45, 7) is 1.46. The molecule has 0 aliphatic heterocycles. The molecule has 2 aromatic rings. The van der Waals surface area contributed by atoms with E-state index in [9.17, 15) is 26.8 Å². The van der Waals surface area contributed by atoms with Gasteiger partial charge in [-0.05, 0) is 56.2 Å². The Kier molecular flexibility index (Phi) is 7.44. The molecular formula is C22H24F2N2O5S. The van der Waals surface area contributed by atoms with E-state index in [0.717, 1.165) is 38.2 Å². The summed E-state index contributed by atoms with van der Waals surface area (Å²) in [6.07, 6.45) is 4.01. The summed E-state index contributed by atoms with van der Waals surface area (Å²) >= 11 is 0. The maximum atomic E-state index is 13.4. The zero-order valence-corrected chi connectivity index (χ0v) is 18.3. The summed E-state index contributed by atoms with van der Waals surface area (Å²) in [4.78, 5) is 24.3. The van der Waals surface area contributed by atoms with Gasteiger partial charge in [0.2, 0.25) is 0 Å². The van der Waals surface area contributed by atoms with Gasteiger partial charge in [-0.15, -0.1) is 0 Å². The van der Waals surface area contributed by atoms with Crippen LogP contribution in [0.4, 0.5) is 14.5 Å². The van der Waals surface area contributed by atoms with Crippen molar-refractivity contribution in [2.75, 3.05) is 4.72 Å². The number of esters is 1. The summed E-state index contributed by atoms with van der Waals surface area (Å²) in [6, 6.07) is 7.70. The summed E-state index contributed by atoms with van der Waals surface area (Å²) in [7, 11) is -4.22. The van der Waals surface area contributed by atoms with Crippen LogP contribution in [-0.4, -0.2) is 32.4 Å². The fourth-order valence-electron chi connectivity index (χ4n) is 3.42. The van der Waals surface area contributed by atoms with Gasteiger partial charge >= 0.3 is 5.97 Å². The molecule has 2 N–H and O–H groups in total. The lowest BCUT2D eigenvalue weighted by Gasteiger charge is -2.24. The van der Waals surface area contributed by atoms with Crippen LogP contribution < -0.4 is 10.0 Å². The van der Waals surface area contributed by atoms with Gasteiger partial charge in [0, 0.05) is 11.7 Å². The van der Waals surface area contributed by atoms with E-state index in [1.165, 1.54) is 31.2 Å². The number of amides is 1. The van der Waals surface area contributed by atoms with Gasteiger partial charge in [-0.25, -0.2) is 22.0 Å². The van der Waals surface area contributed by atoms with Crippen molar-refractivity contribution in [3.05, 3.63) is 59.7 Å². The Labute approximate surface area is 185 Å². The molecule has 7 nitrogen and oxygen atoms in total. The van der Waals surface area contributed by atoms with Crippen molar-refractivity contribution >= 4 is 27.6 Å². The Hall–Kier alpha value is -3.01. The molecule has 1 amide bonds. The van der Waals surface area contributed by atoms with Gasteiger partial charge < -0.3 is 10.1 Å². The lowest BCUT2D eigenvalue weighted by molar-refractivity contribution is -0.130. The fourth-order valence-corrected chi connectivity index (χ4v) is 4.48. The number of carbonyl (C=O) groups is 2. The molecule has 1 aliphatic carbocycles. The van der Waals surface area contributed by atoms with Gasteiger partial charge in [-0.2, -0.15) is 0 Å². The third-order valence-corrected chi connectivity index (χ3v) is 6.54. The van der Waals surface area contributed by atoms with Gasteiger partial charge in [0.1, 0.15) is 0 Å². The van der Waals surface area contributed by atoms with E-state index in [2.05, 4.69) is 10.0 Å². The number of sulfonamides is 1. The Balaban J connectivity index is 1.64. The van der Waals surface area contributed by atoms with Crippen molar-refractivity contribution in [1.82, 2.24) is 5.32 Å². The predicted octanol–water partition coefficient (Wildman–Crippen LogP) is 3.76. The van der Waals surface area contributed by atoms with Gasteiger partial charge in [-0.1, -0.05) is 25.3 Å². The predicted molar refractivity (Wildman–Crippen MR) is 114 cm³/mol. The highest BCUT2D eigenvalue weighted by Crippen LogP contribution is 2.20.